The van der Waals surface area contributed by atoms with Crippen molar-refractivity contribution in [2.75, 3.05) is 0 Å². The Kier molecular flexibility index (Phi) is 5.27. The molecule has 1 unspecified atom stereocenters. The highest BCUT2D eigenvalue weighted by atomic mass is 79.9. The summed E-state index contributed by atoms with van der Waals surface area (Å²) < 4.78 is 1.16. The molecule has 1 aromatic rings. The third-order valence-corrected chi connectivity index (χ3v) is 3.70. The fourth-order valence-electron chi connectivity index (χ4n) is 2.23. The Morgan fingerprint density at radius 1 is 1.24 bits per heavy atom. The van der Waals surface area contributed by atoms with E-state index in [1.165, 1.54) is 37.7 Å². The van der Waals surface area contributed by atoms with Gasteiger partial charge in [-0.2, -0.15) is 0 Å². The minimum atomic E-state index is 0.550. The van der Waals surface area contributed by atoms with Gasteiger partial charge < -0.3 is 5.32 Å². The standard InChI is InChI=1S/C15H20BrN/c16-14-8-6-7-13(11-14)12-17-15-9-4-2-1-3-5-10-15/h4,6-9,11,15,17H,1-3,5,10,12H2/b9-4+. The molecule has 1 aromatic carbocycles. The molecule has 1 aliphatic carbocycles. The Morgan fingerprint density at radius 3 is 3.06 bits per heavy atom. The first-order chi connectivity index (χ1) is 8.34. The van der Waals surface area contributed by atoms with Gasteiger partial charge in [0.2, 0.25) is 0 Å². The quantitative estimate of drug-likeness (QED) is 0.813. The summed E-state index contributed by atoms with van der Waals surface area (Å²) in [6, 6.07) is 9.06. The monoisotopic (exact) mass is 293 g/mol. The fourth-order valence-corrected chi connectivity index (χ4v) is 2.67. The van der Waals surface area contributed by atoms with E-state index in [0.29, 0.717) is 6.04 Å². The second kappa shape index (κ2) is 6.97. The lowest BCUT2D eigenvalue weighted by Crippen LogP contribution is -2.27. The fraction of sp³-hybridized carbons (Fsp3) is 0.467. The maximum absolute atomic E-state index is 3.63. The second-order valence-corrected chi connectivity index (χ2v) is 5.60. The van der Waals surface area contributed by atoms with E-state index in [2.05, 4.69) is 57.7 Å². The highest BCUT2D eigenvalue weighted by Gasteiger charge is 2.06. The van der Waals surface area contributed by atoms with Gasteiger partial charge in [-0.3, -0.25) is 0 Å². The van der Waals surface area contributed by atoms with E-state index in [9.17, 15) is 0 Å². The maximum Gasteiger partial charge on any atom is 0.0253 e. The molecule has 1 aliphatic rings. The summed E-state index contributed by atoms with van der Waals surface area (Å²) in [4.78, 5) is 0. The average molecular weight is 294 g/mol. The number of allylic oxidation sites excluding steroid dienone is 1. The Bertz CT molecular complexity index is 373. The van der Waals surface area contributed by atoms with E-state index >= 15 is 0 Å². The van der Waals surface area contributed by atoms with Gasteiger partial charge in [0.05, 0.1) is 0 Å². The van der Waals surface area contributed by atoms with Gasteiger partial charge in [0.25, 0.3) is 0 Å². The van der Waals surface area contributed by atoms with Crippen LogP contribution in [-0.4, -0.2) is 6.04 Å². The van der Waals surface area contributed by atoms with Crippen molar-refractivity contribution in [1.29, 1.82) is 0 Å². The van der Waals surface area contributed by atoms with E-state index in [-0.39, 0.29) is 0 Å². The molecule has 0 amide bonds. The number of hydrogen-bond acceptors (Lipinski definition) is 1. The number of nitrogens with one attached hydrogen (secondary N) is 1. The molecule has 0 aromatic heterocycles. The predicted octanol–water partition coefficient (Wildman–Crippen LogP) is 4.43. The van der Waals surface area contributed by atoms with Gasteiger partial charge in [0.15, 0.2) is 0 Å². The van der Waals surface area contributed by atoms with Gasteiger partial charge in [0, 0.05) is 17.1 Å². The first-order valence-electron chi connectivity index (χ1n) is 6.49. The predicted molar refractivity (Wildman–Crippen MR) is 77.0 cm³/mol. The van der Waals surface area contributed by atoms with E-state index < -0.39 is 0 Å². The summed E-state index contributed by atoms with van der Waals surface area (Å²) in [7, 11) is 0. The SMILES string of the molecule is Brc1cccc(CNC2/C=C/CCCCC2)c1. The molecule has 0 saturated heterocycles. The molecule has 1 nitrogen and oxygen atoms in total. The molecule has 92 valence electrons. The molecule has 2 heteroatoms. The maximum atomic E-state index is 3.63. The molecule has 1 atom stereocenters. The summed E-state index contributed by atoms with van der Waals surface area (Å²) in [5.74, 6) is 0. The Hall–Kier alpha value is -0.600. The molecule has 17 heavy (non-hydrogen) atoms. The van der Waals surface area contributed by atoms with E-state index in [0.717, 1.165) is 11.0 Å². The summed E-state index contributed by atoms with van der Waals surface area (Å²) in [6.45, 7) is 0.953. The third kappa shape index (κ3) is 4.64. The topological polar surface area (TPSA) is 12.0 Å². The van der Waals surface area contributed by atoms with Crippen LogP contribution in [0.1, 0.15) is 37.7 Å². The van der Waals surface area contributed by atoms with Crippen molar-refractivity contribution >= 4 is 15.9 Å². The molecule has 0 bridgehead atoms. The van der Waals surface area contributed by atoms with Gasteiger partial charge in [-0.25, -0.2) is 0 Å². The summed E-state index contributed by atoms with van der Waals surface area (Å²) in [5, 5.41) is 3.63. The lowest BCUT2D eigenvalue weighted by atomic mass is 10.0. The molecule has 0 radical (unpaired) electrons. The van der Waals surface area contributed by atoms with E-state index in [4.69, 9.17) is 0 Å². The second-order valence-electron chi connectivity index (χ2n) is 4.68. The van der Waals surface area contributed by atoms with Crippen molar-refractivity contribution < 1.29 is 0 Å². The minimum Gasteiger partial charge on any atom is -0.306 e. The summed E-state index contributed by atoms with van der Waals surface area (Å²) in [5.41, 5.74) is 1.34. The zero-order valence-electron chi connectivity index (χ0n) is 10.2. The highest BCUT2D eigenvalue weighted by Crippen LogP contribution is 2.14. The summed E-state index contributed by atoms with van der Waals surface area (Å²) in [6.07, 6.45) is 11.3. The molecular formula is C15H20BrN. The van der Waals surface area contributed by atoms with Crippen LogP contribution < -0.4 is 5.32 Å². The van der Waals surface area contributed by atoms with Crippen LogP contribution in [0.25, 0.3) is 0 Å². The van der Waals surface area contributed by atoms with Crippen molar-refractivity contribution in [1.82, 2.24) is 5.32 Å². The molecule has 2 rings (SSSR count). The number of halogens is 1. The van der Waals surface area contributed by atoms with Crippen LogP contribution in [0.2, 0.25) is 0 Å². The number of hydrogen-bond donors (Lipinski definition) is 1. The largest absolute Gasteiger partial charge is 0.306 e. The molecule has 0 heterocycles. The molecule has 0 aliphatic heterocycles. The lowest BCUT2D eigenvalue weighted by molar-refractivity contribution is 0.508. The van der Waals surface area contributed by atoms with Crippen molar-refractivity contribution in [3.8, 4) is 0 Å². The normalized spacial score (nSPS) is 22.8. The van der Waals surface area contributed by atoms with Crippen LogP contribution in [0, 0.1) is 0 Å². The summed E-state index contributed by atoms with van der Waals surface area (Å²) >= 11 is 3.51. The highest BCUT2D eigenvalue weighted by molar-refractivity contribution is 9.10. The Balaban J connectivity index is 1.86. The minimum absolute atomic E-state index is 0.550. The van der Waals surface area contributed by atoms with Crippen molar-refractivity contribution in [2.45, 2.75) is 44.7 Å². The van der Waals surface area contributed by atoms with Gasteiger partial charge in [-0.1, -0.05) is 53.1 Å². The van der Waals surface area contributed by atoms with Crippen LogP contribution in [-0.2, 0) is 6.54 Å². The van der Waals surface area contributed by atoms with Gasteiger partial charge in [0.1, 0.15) is 0 Å². The first-order valence-corrected chi connectivity index (χ1v) is 7.28. The van der Waals surface area contributed by atoms with Crippen LogP contribution in [0.5, 0.6) is 0 Å². The Morgan fingerprint density at radius 2 is 2.18 bits per heavy atom. The molecule has 0 spiro atoms. The zero-order valence-corrected chi connectivity index (χ0v) is 11.7. The third-order valence-electron chi connectivity index (χ3n) is 3.21. The first kappa shape index (κ1) is 12.8. The lowest BCUT2D eigenvalue weighted by Gasteiger charge is -2.17. The molecule has 0 fully saturated rings. The van der Waals surface area contributed by atoms with Gasteiger partial charge in [-0.15, -0.1) is 0 Å². The van der Waals surface area contributed by atoms with Crippen molar-refractivity contribution in [3.05, 3.63) is 46.5 Å². The number of benzene rings is 1. The van der Waals surface area contributed by atoms with E-state index in [1.54, 1.807) is 0 Å². The molecular weight excluding hydrogens is 274 g/mol. The van der Waals surface area contributed by atoms with E-state index in [1.807, 2.05) is 0 Å². The molecule has 0 saturated carbocycles. The van der Waals surface area contributed by atoms with Crippen LogP contribution in [0.3, 0.4) is 0 Å². The molecule has 1 N–H and O–H groups in total. The smallest absolute Gasteiger partial charge is 0.0253 e. The Labute approximate surface area is 112 Å². The number of rotatable bonds is 3. The van der Waals surface area contributed by atoms with Crippen molar-refractivity contribution in [2.24, 2.45) is 0 Å². The zero-order chi connectivity index (χ0) is 11.9. The van der Waals surface area contributed by atoms with Crippen molar-refractivity contribution in [3.63, 3.8) is 0 Å². The van der Waals surface area contributed by atoms with Crippen LogP contribution >= 0.6 is 15.9 Å². The van der Waals surface area contributed by atoms with Gasteiger partial charge >= 0.3 is 0 Å². The van der Waals surface area contributed by atoms with Gasteiger partial charge in [-0.05, 0) is 37.0 Å². The van der Waals surface area contributed by atoms with Crippen LogP contribution in [0.15, 0.2) is 40.9 Å². The average Bonchev–Trinajstić information content (AvgIpc) is 2.27. The van der Waals surface area contributed by atoms with Crippen LogP contribution in [0.4, 0.5) is 0 Å².